The Hall–Kier alpha value is 0.830. The molecule has 0 amide bonds. The molecule has 1 atom stereocenters. The number of hydrogen-bond donors (Lipinski definition) is 0. The molecular formula is C5H7BrS. The van der Waals surface area contributed by atoms with E-state index in [1.54, 1.807) is 11.8 Å². The maximum atomic E-state index is 3.46. The molecule has 1 fully saturated rings. The van der Waals surface area contributed by atoms with Crippen molar-refractivity contribution in [3.63, 3.8) is 0 Å². The lowest BCUT2D eigenvalue weighted by molar-refractivity contribution is 0.820. The molecule has 0 aromatic heterocycles. The molecule has 0 nitrogen and oxygen atoms in total. The third-order valence-corrected chi connectivity index (χ3v) is 2.85. The van der Waals surface area contributed by atoms with E-state index < -0.39 is 0 Å². The smallest absolute Gasteiger partial charge is 0.0628 e. The molecule has 0 aromatic rings. The zero-order valence-electron chi connectivity index (χ0n) is 3.98. The molecule has 40 valence electrons. The highest BCUT2D eigenvalue weighted by atomic mass is 79.9. The van der Waals surface area contributed by atoms with Gasteiger partial charge in [0.2, 0.25) is 0 Å². The topological polar surface area (TPSA) is 0 Å². The molecule has 1 aliphatic heterocycles. The van der Waals surface area contributed by atoms with Crippen LogP contribution in [0.25, 0.3) is 0 Å². The van der Waals surface area contributed by atoms with Crippen LogP contribution in [-0.2, 0) is 0 Å². The van der Waals surface area contributed by atoms with Gasteiger partial charge < -0.3 is 0 Å². The summed E-state index contributed by atoms with van der Waals surface area (Å²) in [5.74, 6) is 4.48. The van der Waals surface area contributed by atoms with Crippen LogP contribution in [0.2, 0.25) is 0 Å². The van der Waals surface area contributed by atoms with Gasteiger partial charge in [-0.15, -0.1) is 0 Å². The first kappa shape index (κ1) is 5.96. The first-order valence-corrected chi connectivity index (χ1v) is 4.31. The number of rotatable bonds is 0. The highest BCUT2D eigenvalue weighted by Crippen LogP contribution is 2.26. The maximum absolute atomic E-state index is 3.46. The Morgan fingerprint density at radius 3 is 2.86 bits per heavy atom. The minimum Gasteiger partial charge on any atom is -0.151 e. The zero-order valence-corrected chi connectivity index (χ0v) is 6.39. The third-order valence-electron chi connectivity index (χ3n) is 0.915. The average molecular weight is 179 g/mol. The first-order valence-electron chi connectivity index (χ1n) is 2.41. The SMILES string of the molecule is BrC1[C]SCCC1. The van der Waals surface area contributed by atoms with Crippen LogP contribution in [0.1, 0.15) is 12.8 Å². The molecule has 1 aliphatic rings. The van der Waals surface area contributed by atoms with Crippen LogP contribution < -0.4 is 0 Å². The van der Waals surface area contributed by atoms with E-state index in [0.29, 0.717) is 4.83 Å². The monoisotopic (exact) mass is 178 g/mol. The van der Waals surface area contributed by atoms with Crippen LogP contribution in [0, 0.1) is 5.75 Å². The zero-order chi connectivity index (χ0) is 5.11. The number of hydrogen-bond acceptors (Lipinski definition) is 1. The van der Waals surface area contributed by atoms with Crippen molar-refractivity contribution in [3.05, 3.63) is 5.75 Å². The fourth-order valence-corrected chi connectivity index (χ4v) is 1.99. The molecule has 0 bridgehead atoms. The van der Waals surface area contributed by atoms with Gasteiger partial charge in [-0.3, -0.25) is 0 Å². The first-order chi connectivity index (χ1) is 3.39. The Morgan fingerprint density at radius 2 is 2.57 bits per heavy atom. The third kappa shape index (κ3) is 2.04. The van der Waals surface area contributed by atoms with Gasteiger partial charge in [0.25, 0.3) is 0 Å². The molecule has 2 heteroatoms. The molecule has 1 unspecified atom stereocenters. The molecule has 1 rings (SSSR count). The van der Waals surface area contributed by atoms with Gasteiger partial charge in [0.05, 0.1) is 5.75 Å². The summed E-state index contributed by atoms with van der Waals surface area (Å²) in [6, 6.07) is 0. The van der Waals surface area contributed by atoms with Crippen molar-refractivity contribution in [2.45, 2.75) is 17.7 Å². The van der Waals surface area contributed by atoms with Crippen LogP contribution in [0.15, 0.2) is 0 Å². The summed E-state index contributed by atoms with van der Waals surface area (Å²) in [6.45, 7) is 0. The second kappa shape index (κ2) is 2.98. The molecular weight excluding hydrogens is 172 g/mol. The highest BCUT2D eigenvalue weighted by molar-refractivity contribution is 9.09. The van der Waals surface area contributed by atoms with Crippen LogP contribution >= 0.6 is 27.7 Å². The van der Waals surface area contributed by atoms with Gasteiger partial charge in [-0.25, -0.2) is 0 Å². The Balaban J connectivity index is 2.12. The van der Waals surface area contributed by atoms with Gasteiger partial charge in [-0.05, 0) is 18.6 Å². The van der Waals surface area contributed by atoms with Crippen molar-refractivity contribution in [2.24, 2.45) is 0 Å². The fourth-order valence-electron chi connectivity index (χ4n) is 0.543. The van der Waals surface area contributed by atoms with Crippen LogP contribution in [0.5, 0.6) is 0 Å². The van der Waals surface area contributed by atoms with Crippen molar-refractivity contribution >= 4 is 27.7 Å². The minimum atomic E-state index is 0.561. The average Bonchev–Trinajstić information content (AvgIpc) is 1.69. The number of halogens is 1. The van der Waals surface area contributed by atoms with Crippen LogP contribution in [0.4, 0.5) is 0 Å². The normalized spacial score (nSPS) is 33.0. The van der Waals surface area contributed by atoms with Crippen LogP contribution in [-0.4, -0.2) is 10.6 Å². The lowest BCUT2D eigenvalue weighted by Gasteiger charge is -2.12. The van der Waals surface area contributed by atoms with E-state index in [2.05, 4.69) is 21.7 Å². The highest BCUT2D eigenvalue weighted by Gasteiger charge is 2.09. The quantitative estimate of drug-likeness (QED) is 0.514. The van der Waals surface area contributed by atoms with Gasteiger partial charge in [-0.1, -0.05) is 15.9 Å². The molecule has 0 aromatic carbocycles. The molecule has 0 spiro atoms. The molecule has 7 heavy (non-hydrogen) atoms. The summed E-state index contributed by atoms with van der Waals surface area (Å²) in [4.78, 5) is 0.561. The summed E-state index contributed by atoms with van der Waals surface area (Å²) >= 11 is 5.26. The predicted octanol–water partition coefficient (Wildman–Crippen LogP) is 2.32. The molecule has 1 heterocycles. The molecule has 1 saturated heterocycles. The molecule has 0 saturated carbocycles. The summed E-state index contributed by atoms with van der Waals surface area (Å²) in [7, 11) is 0. The van der Waals surface area contributed by atoms with E-state index in [1.165, 1.54) is 18.6 Å². The van der Waals surface area contributed by atoms with Crippen molar-refractivity contribution < 1.29 is 0 Å². The van der Waals surface area contributed by atoms with Crippen molar-refractivity contribution in [1.29, 1.82) is 0 Å². The Kier molecular flexibility index (Phi) is 2.53. The predicted molar refractivity (Wildman–Crippen MR) is 37.7 cm³/mol. The summed E-state index contributed by atoms with van der Waals surface area (Å²) in [5, 5.41) is 0. The lowest BCUT2D eigenvalue weighted by atomic mass is 10.3. The lowest BCUT2D eigenvalue weighted by Crippen LogP contribution is -2.02. The summed E-state index contributed by atoms with van der Waals surface area (Å²) in [6.07, 6.45) is 2.61. The fraction of sp³-hybridized carbons (Fsp3) is 0.800. The second-order valence-electron chi connectivity index (χ2n) is 1.58. The van der Waals surface area contributed by atoms with Crippen molar-refractivity contribution in [3.8, 4) is 0 Å². The van der Waals surface area contributed by atoms with Gasteiger partial charge in [0.15, 0.2) is 0 Å². The van der Waals surface area contributed by atoms with Gasteiger partial charge >= 0.3 is 0 Å². The standard InChI is InChI=1S/C5H7BrS/c6-5-2-1-3-7-4-5/h5H,1-3H2. The van der Waals surface area contributed by atoms with Gasteiger partial charge in [0, 0.05) is 4.83 Å². The number of alkyl halides is 1. The molecule has 0 N–H and O–H groups in total. The summed E-state index contributed by atoms with van der Waals surface area (Å²) < 4.78 is 0. The Labute approximate surface area is 57.2 Å². The maximum Gasteiger partial charge on any atom is 0.0628 e. The van der Waals surface area contributed by atoms with Crippen molar-refractivity contribution in [2.75, 3.05) is 5.75 Å². The van der Waals surface area contributed by atoms with E-state index >= 15 is 0 Å². The second-order valence-corrected chi connectivity index (χ2v) is 3.61. The van der Waals surface area contributed by atoms with E-state index in [1.807, 2.05) is 0 Å². The van der Waals surface area contributed by atoms with Gasteiger partial charge in [-0.2, -0.15) is 11.8 Å². The van der Waals surface area contributed by atoms with E-state index in [9.17, 15) is 0 Å². The Bertz CT molecular complexity index is 50.0. The Morgan fingerprint density at radius 1 is 1.71 bits per heavy atom. The van der Waals surface area contributed by atoms with Crippen LogP contribution in [0.3, 0.4) is 0 Å². The van der Waals surface area contributed by atoms with Gasteiger partial charge in [0.1, 0.15) is 0 Å². The minimum absolute atomic E-state index is 0.561. The summed E-state index contributed by atoms with van der Waals surface area (Å²) in [5.41, 5.74) is 0. The molecule has 2 radical (unpaired) electrons. The van der Waals surface area contributed by atoms with E-state index in [0.717, 1.165) is 0 Å². The van der Waals surface area contributed by atoms with Crippen molar-refractivity contribution in [1.82, 2.24) is 0 Å². The number of thioether (sulfide) groups is 1. The van der Waals surface area contributed by atoms with E-state index in [-0.39, 0.29) is 0 Å². The van der Waals surface area contributed by atoms with E-state index in [4.69, 9.17) is 0 Å². The molecule has 0 aliphatic carbocycles. The largest absolute Gasteiger partial charge is 0.151 e.